The average Bonchev–Trinajstić information content (AvgIpc) is 2.78. The van der Waals surface area contributed by atoms with Crippen LogP contribution in [0.15, 0.2) is 23.1 Å². The molecule has 19 heavy (non-hydrogen) atoms. The van der Waals surface area contributed by atoms with Gasteiger partial charge in [0.2, 0.25) is 10.0 Å². The van der Waals surface area contributed by atoms with E-state index in [2.05, 4.69) is 4.72 Å². The number of hydrogen-bond acceptors (Lipinski definition) is 4. The van der Waals surface area contributed by atoms with E-state index in [0.29, 0.717) is 5.02 Å². The Bertz CT molecular complexity index is 562. The average molecular weight is 305 g/mol. The van der Waals surface area contributed by atoms with Crippen LogP contribution in [0.5, 0.6) is 0 Å². The molecule has 1 aliphatic rings. The first-order valence-electron chi connectivity index (χ1n) is 6.04. The highest BCUT2D eigenvalue weighted by molar-refractivity contribution is 7.89. The SMILES string of the molecule is COC1CCCC1NS(=O)(=O)c1cc(Cl)ccc1N. The predicted octanol–water partition coefficient (Wildman–Crippen LogP) is 1.77. The van der Waals surface area contributed by atoms with E-state index in [9.17, 15) is 8.42 Å². The van der Waals surface area contributed by atoms with Gasteiger partial charge in [-0.2, -0.15) is 0 Å². The number of benzene rings is 1. The maximum atomic E-state index is 12.3. The molecule has 7 heteroatoms. The van der Waals surface area contributed by atoms with Crippen molar-refractivity contribution < 1.29 is 13.2 Å². The van der Waals surface area contributed by atoms with Crippen molar-refractivity contribution in [2.24, 2.45) is 0 Å². The van der Waals surface area contributed by atoms with E-state index in [4.69, 9.17) is 22.1 Å². The highest BCUT2D eigenvalue weighted by atomic mass is 35.5. The van der Waals surface area contributed by atoms with Crippen LogP contribution in [0.2, 0.25) is 5.02 Å². The van der Waals surface area contributed by atoms with Crippen molar-refractivity contribution in [2.45, 2.75) is 36.3 Å². The summed E-state index contributed by atoms with van der Waals surface area (Å²) in [5.74, 6) is 0. The molecule has 1 aliphatic carbocycles. The van der Waals surface area contributed by atoms with E-state index in [-0.39, 0.29) is 22.7 Å². The van der Waals surface area contributed by atoms with Gasteiger partial charge >= 0.3 is 0 Å². The number of nitrogen functional groups attached to an aromatic ring is 1. The van der Waals surface area contributed by atoms with Crippen molar-refractivity contribution in [1.29, 1.82) is 0 Å². The summed E-state index contributed by atoms with van der Waals surface area (Å²) in [7, 11) is -2.09. The molecule has 0 bridgehead atoms. The lowest BCUT2D eigenvalue weighted by atomic mass is 10.2. The van der Waals surface area contributed by atoms with Crippen LogP contribution in [0.25, 0.3) is 0 Å². The second-order valence-corrected chi connectivity index (χ2v) is 6.73. The summed E-state index contributed by atoms with van der Waals surface area (Å²) in [5.41, 5.74) is 5.89. The Morgan fingerprint density at radius 1 is 1.42 bits per heavy atom. The van der Waals surface area contributed by atoms with Crippen molar-refractivity contribution in [3.05, 3.63) is 23.2 Å². The lowest BCUT2D eigenvalue weighted by molar-refractivity contribution is 0.0916. The number of nitrogens with two attached hydrogens (primary N) is 1. The molecule has 0 radical (unpaired) electrons. The van der Waals surface area contributed by atoms with Crippen LogP contribution in [0, 0.1) is 0 Å². The van der Waals surface area contributed by atoms with Crippen LogP contribution < -0.4 is 10.5 Å². The lowest BCUT2D eigenvalue weighted by Gasteiger charge is -2.20. The second-order valence-electron chi connectivity index (χ2n) is 4.61. The molecule has 0 amide bonds. The molecule has 0 spiro atoms. The summed E-state index contributed by atoms with van der Waals surface area (Å²) in [6, 6.07) is 4.19. The van der Waals surface area contributed by atoms with Crippen molar-refractivity contribution in [3.8, 4) is 0 Å². The first-order chi connectivity index (χ1) is 8.94. The maximum Gasteiger partial charge on any atom is 0.243 e. The first kappa shape index (κ1) is 14.6. The van der Waals surface area contributed by atoms with Crippen molar-refractivity contribution in [3.63, 3.8) is 0 Å². The van der Waals surface area contributed by atoms with Gasteiger partial charge in [-0.1, -0.05) is 11.6 Å². The van der Waals surface area contributed by atoms with E-state index >= 15 is 0 Å². The molecule has 2 atom stereocenters. The van der Waals surface area contributed by atoms with Crippen molar-refractivity contribution in [2.75, 3.05) is 12.8 Å². The zero-order chi connectivity index (χ0) is 14.0. The number of anilines is 1. The van der Waals surface area contributed by atoms with E-state index in [1.807, 2.05) is 0 Å². The number of hydrogen-bond donors (Lipinski definition) is 2. The number of methoxy groups -OCH3 is 1. The van der Waals surface area contributed by atoms with Crippen molar-refractivity contribution in [1.82, 2.24) is 4.72 Å². The molecule has 0 aromatic heterocycles. The molecule has 0 aliphatic heterocycles. The molecule has 1 aromatic carbocycles. The monoisotopic (exact) mass is 304 g/mol. The fourth-order valence-corrected chi connectivity index (χ4v) is 4.04. The second kappa shape index (κ2) is 5.66. The Hall–Kier alpha value is -0.820. The zero-order valence-corrected chi connectivity index (χ0v) is 12.2. The third-order valence-electron chi connectivity index (χ3n) is 3.33. The fourth-order valence-electron chi connectivity index (χ4n) is 2.35. The third-order valence-corrected chi connectivity index (χ3v) is 5.11. The van der Waals surface area contributed by atoms with E-state index in [1.54, 1.807) is 13.2 Å². The van der Waals surface area contributed by atoms with Gasteiger partial charge < -0.3 is 10.5 Å². The summed E-state index contributed by atoms with van der Waals surface area (Å²) >= 11 is 5.82. The van der Waals surface area contributed by atoms with Crippen LogP contribution in [0.1, 0.15) is 19.3 Å². The van der Waals surface area contributed by atoms with Crippen LogP contribution in [-0.2, 0) is 14.8 Å². The number of nitrogens with one attached hydrogen (secondary N) is 1. The van der Waals surface area contributed by atoms with Gasteiger partial charge in [0.15, 0.2) is 0 Å². The summed E-state index contributed by atoms with van der Waals surface area (Å²) in [6.07, 6.45) is 2.47. The van der Waals surface area contributed by atoms with Crippen LogP contribution in [0.4, 0.5) is 5.69 Å². The van der Waals surface area contributed by atoms with Gasteiger partial charge in [0.25, 0.3) is 0 Å². The summed E-state index contributed by atoms with van der Waals surface area (Å²) in [6.45, 7) is 0. The highest BCUT2D eigenvalue weighted by Gasteiger charge is 2.32. The normalized spacial score (nSPS) is 23.7. The molecule has 0 heterocycles. The summed E-state index contributed by atoms with van der Waals surface area (Å²) in [5, 5.41) is 0.337. The maximum absolute atomic E-state index is 12.3. The molecule has 106 valence electrons. The number of sulfonamides is 1. The Morgan fingerprint density at radius 2 is 2.16 bits per heavy atom. The molecule has 2 unspecified atom stereocenters. The minimum absolute atomic E-state index is 0.0155. The molecule has 3 N–H and O–H groups in total. The van der Waals surface area contributed by atoms with E-state index in [1.165, 1.54) is 12.1 Å². The molecule has 0 saturated heterocycles. The minimum Gasteiger partial charge on any atom is -0.398 e. The zero-order valence-electron chi connectivity index (χ0n) is 10.6. The van der Waals surface area contributed by atoms with Gasteiger partial charge in [-0.05, 0) is 37.5 Å². The van der Waals surface area contributed by atoms with E-state index in [0.717, 1.165) is 19.3 Å². The van der Waals surface area contributed by atoms with Crippen LogP contribution >= 0.6 is 11.6 Å². The molecule has 1 fully saturated rings. The van der Waals surface area contributed by atoms with Gasteiger partial charge in [0, 0.05) is 18.2 Å². The lowest BCUT2D eigenvalue weighted by Crippen LogP contribution is -2.40. The fraction of sp³-hybridized carbons (Fsp3) is 0.500. The number of halogens is 1. The smallest absolute Gasteiger partial charge is 0.243 e. The van der Waals surface area contributed by atoms with E-state index < -0.39 is 10.0 Å². The summed E-state index contributed by atoms with van der Waals surface area (Å²) < 4.78 is 32.6. The van der Waals surface area contributed by atoms with Crippen LogP contribution in [-0.4, -0.2) is 27.7 Å². The number of rotatable bonds is 4. The topological polar surface area (TPSA) is 81.4 Å². The van der Waals surface area contributed by atoms with Gasteiger partial charge in [-0.25, -0.2) is 13.1 Å². The van der Waals surface area contributed by atoms with Gasteiger partial charge in [0.1, 0.15) is 4.90 Å². The van der Waals surface area contributed by atoms with Gasteiger partial charge in [-0.3, -0.25) is 0 Å². The molecule has 5 nitrogen and oxygen atoms in total. The molecule has 1 saturated carbocycles. The molecule has 2 rings (SSSR count). The highest BCUT2D eigenvalue weighted by Crippen LogP contribution is 2.26. The Balaban J connectivity index is 2.25. The Morgan fingerprint density at radius 3 is 2.84 bits per heavy atom. The molecular formula is C12H17ClN2O3S. The number of ether oxygens (including phenoxy) is 1. The molecular weight excluding hydrogens is 288 g/mol. The standard InChI is InChI=1S/C12H17ClN2O3S/c1-18-11-4-2-3-10(11)15-19(16,17)12-7-8(13)5-6-9(12)14/h5-7,10-11,15H,2-4,14H2,1H3. The van der Waals surface area contributed by atoms with Gasteiger partial charge in [-0.15, -0.1) is 0 Å². The quantitative estimate of drug-likeness (QED) is 0.831. The Labute approximate surface area is 118 Å². The third kappa shape index (κ3) is 3.20. The van der Waals surface area contributed by atoms with Crippen molar-refractivity contribution >= 4 is 27.3 Å². The molecule has 1 aromatic rings. The largest absolute Gasteiger partial charge is 0.398 e. The predicted molar refractivity (Wildman–Crippen MR) is 74.6 cm³/mol. The minimum atomic E-state index is -3.68. The van der Waals surface area contributed by atoms with Crippen LogP contribution in [0.3, 0.4) is 0 Å². The Kier molecular flexibility index (Phi) is 4.35. The van der Waals surface area contributed by atoms with Gasteiger partial charge in [0.05, 0.1) is 11.8 Å². The first-order valence-corrected chi connectivity index (χ1v) is 7.90. The summed E-state index contributed by atoms with van der Waals surface area (Å²) in [4.78, 5) is 0.0155.